The largest absolute Gasteiger partial charge is 0.206 e. The van der Waals surface area contributed by atoms with Gasteiger partial charge in [-0.15, -0.1) is 0 Å². The molecule has 0 bridgehead atoms. The zero-order chi connectivity index (χ0) is 19.8. The lowest BCUT2D eigenvalue weighted by Gasteiger charge is -2.37. The summed E-state index contributed by atoms with van der Waals surface area (Å²) in [7, 11) is 0.0368. The van der Waals surface area contributed by atoms with E-state index in [0.29, 0.717) is 0 Å². The summed E-state index contributed by atoms with van der Waals surface area (Å²) in [4.78, 5) is 0. The smallest absolute Gasteiger partial charge is 0.141 e. The van der Waals surface area contributed by atoms with Gasteiger partial charge in [0.15, 0.2) is 0 Å². The number of nitriles is 1. The van der Waals surface area contributed by atoms with Crippen LogP contribution in [-0.4, -0.2) is 8.80 Å². The number of halogens is 1. The molecule has 0 spiro atoms. The Morgan fingerprint density at radius 3 is 2.39 bits per heavy atom. The van der Waals surface area contributed by atoms with Gasteiger partial charge in [0.1, 0.15) is 11.9 Å². The molecule has 3 heteroatoms. The summed E-state index contributed by atoms with van der Waals surface area (Å²) >= 11 is 0. The maximum absolute atomic E-state index is 13.7. The van der Waals surface area contributed by atoms with Crippen molar-refractivity contribution in [3.8, 4) is 6.07 Å². The molecule has 1 nitrogen and oxygen atoms in total. The van der Waals surface area contributed by atoms with E-state index >= 15 is 0 Å². The van der Waals surface area contributed by atoms with Crippen LogP contribution in [0, 0.1) is 34.9 Å². The molecule has 1 aliphatic heterocycles. The average molecular weight is 399 g/mol. The normalized spacial score (nSPS) is 24.2. The van der Waals surface area contributed by atoms with Crippen LogP contribution in [-0.2, 0) is 6.42 Å². The standard InChI is InChI=1S/C25H37FNSi/c1-2-15-28-16-13-23(14-17-28)22-10-7-20(8-11-22)5-3-4-6-21-9-12-24(19-27)25(26)18-21/h9,12,18,20,22-23H,2-8,10-11,13-17H2,1H3. The highest BCUT2D eigenvalue weighted by molar-refractivity contribution is 6.58. The molecule has 1 radical (unpaired) electrons. The van der Waals surface area contributed by atoms with Crippen LogP contribution < -0.4 is 0 Å². The number of nitrogens with zero attached hydrogens (tertiary/aromatic N) is 1. The molecule has 0 aromatic heterocycles. The van der Waals surface area contributed by atoms with Crippen LogP contribution in [0.2, 0.25) is 18.1 Å². The Morgan fingerprint density at radius 1 is 1.04 bits per heavy atom. The number of aryl methyl sites for hydroxylation is 1. The second-order valence-corrected chi connectivity index (χ2v) is 12.3. The molecule has 153 valence electrons. The van der Waals surface area contributed by atoms with Crippen molar-refractivity contribution in [2.75, 3.05) is 0 Å². The minimum absolute atomic E-state index is 0.0368. The Bertz CT molecular complexity index is 636. The van der Waals surface area contributed by atoms with Crippen molar-refractivity contribution in [3.63, 3.8) is 0 Å². The zero-order valence-corrected chi connectivity index (χ0v) is 18.7. The summed E-state index contributed by atoms with van der Waals surface area (Å²) in [5.41, 5.74) is 1.18. The SMILES string of the molecule is CCC[Si]1CCC(C2CCC(CCCCc3ccc(C#N)c(F)c3)CC2)CC1. The third-order valence-corrected chi connectivity index (χ3v) is 10.6. The topological polar surface area (TPSA) is 23.8 Å². The van der Waals surface area contributed by atoms with Gasteiger partial charge in [-0.1, -0.05) is 76.1 Å². The van der Waals surface area contributed by atoms with Crippen LogP contribution in [0.1, 0.15) is 82.3 Å². The minimum Gasteiger partial charge on any atom is -0.206 e. The van der Waals surface area contributed by atoms with E-state index < -0.39 is 0 Å². The first-order valence-electron chi connectivity index (χ1n) is 11.7. The summed E-state index contributed by atoms with van der Waals surface area (Å²) < 4.78 is 13.7. The monoisotopic (exact) mass is 398 g/mol. The molecule has 0 amide bonds. The molecule has 1 aliphatic carbocycles. The van der Waals surface area contributed by atoms with E-state index in [2.05, 4.69) is 6.92 Å². The van der Waals surface area contributed by atoms with Crippen molar-refractivity contribution >= 4 is 8.80 Å². The summed E-state index contributed by atoms with van der Waals surface area (Å²) in [6, 6.07) is 11.7. The van der Waals surface area contributed by atoms with Crippen LogP contribution in [0.15, 0.2) is 18.2 Å². The Balaban J connectivity index is 1.30. The molecule has 1 saturated heterocycles. The lowest BCUT2D eigenvalue weighted by atomic mass is 9.73. The maximum atomic E-state index is 13.7. The first-order chi connectivity index (χ1) is 13.7. The molecule has 1 aromatic rings. The average Bonchev–Trinajstić information content (AvgIpc) is 2.73. The Morgan fingerprint density at radius 2 is 1.75 bits per heavy atom. The highest BCUT2D eigenvalue weighted by Crippen LogP contribution is 2.42. The minimum atomic E-state index is -0.371. The van der Waals surface area contributed by atoms with E-state index in [1.54, 1.807) is 43.1 Å². The van der Waals surface area contributed by atoms with Crippen LogP contribution in [0.4, 0.5) is 4.39 Å². The maximum Gasteiger partial charge on any atom is 0.141 e. The van der Waals surface area contributed by atoms with E-state index in [0.717, 1.165) is 36.2 Å². The fourth-order valence-electron chi connectivity index (χ4n) is 5.64. The van der Waals surface area contributed by atoms with Gasteiger partial charge in [-0.3, -0.25) is 0 Å². The summed E-state index contributed by atoms with van der Waals surface area (Å²) in [5.74, 6) is 2.64. The number of hydrogen-bond acceptors (Lipinski definition) is 1. The summed E-state index contributed by atoms with van der Waals surface area (Å²) in [6.45, 7) is 2.35. The molecule has 1 saturated carbocycles. The van der Waals surface area contributed by atoms with Gasteiger partial charge in [0, 0.05) is 8.80 Å². The molecule has 1 heterocycles. The molecule has 0 atom stereocenters. The molecule has 0 unspecified atom stereocenters. The van der Waals surface area contributed by atoms with Crippen LogP contribution in [0.5, 0.6) is 0 Å². The van der Waals surface area contributed by atoms with Crippen molar-refractivity contribution in [2.24, 2.45) is 17.8 Å². The van der Waals surface area contributed by atoms with Gasteiger partial charge in [-0.2, -0.15) is 5.26 Å². The van der Waals surface area contributed by atoms with Gasteiger partial charge < -0.3 is 0 Å². The van der Waals surface area contributed by atoms with E-state index in [1.807, 2.05) is 12.1 Å². The van der Waals surface area contributed by atoms with Crippen molar-refractivity contribution in [3.05, 3.63) is 35.1 Å². The Labute approximate surface area is 173 Å². The zero-order valence-electron chi connectivity index (χ0n) is 17.7. The highest BCUT2D eigenvalue weighted by Gasteiger charge is 2.30. The fourth-order valence-corrected chi connectivity index (χ4v) is 8.65. The van der Waals surface area contributed by atoms with Crippen LogP contribution >= 0.6 is 0 Å². The van der Waals surface area contributed by atoms with E-state index in [4.69, 9.17) is 5.26 Å². The van der Waals surface area contributed by atoms with E-state index in [9.17, 15) is 4.39 Å². The van der Waals surface area contributed by atoms with E-state index in [1.165, 1.54) is 44.9 Å². The van der Waals surface area contributed by atoms with Gasteiger partial charge in [-0.25, -0.2) is 4.39 Å². The lowest BCUT2D eigenvalue weighted by Crippen LogP contribution is -2.28. The first-order valence-corrected chi connectivity index (χ1v) is 13.8. The predicted molar refractivity (Wildman–Crippen MR) is 117 cm³/mol. The fraction of sp³-hybridized carbons (Fsp3) is 0.720. The molecule has 2 aliphatic rings. The van der Waals surface area contributed by atoms with Crippen molar-refractivity contribution in [2.45, 2.75) is 95.7 Å². The van der Waals surface area contributed by atoms with Crippen LogP contribution in [0.3, 0.4) is 0 Å². The quantitative estimate of drug-likeness (QED) is 0.328. The Kier molecular flexibility index (Phi) is 8.58. The number of benzene rings is 1. The third kappa shape index (κ3) is 6.18. The van der Waals surface area contributed by atoms with Gasteiger partial charge in [-0.05, 0) is 61.1 Å². The molecule has 0 N–H and O–H groups in total. The van der Waals surface area contributed by atoms with Crippen molar-refractivity contribution < 1.29 is 4.39 Å². The van der Waals surface area contributed by atoms with Crippen LogP contribution in [0.25, 0.3) is 0 Å². The van der Waals surface area contributed by atoms with E-state index in [-0.39, 0.29) is 20.2 Å². The molecular weight excluding hydrogens is 361 g/mol. The van der Waals surface area contributed by atoms with Gasteiger partial charge in [0.25, 0.3) is 0 Å². The first kappa shape index (κ1) is 21.6. The number of rotatable bonds is 8. The molecule has 1 aromatic carbocycles. The second-order valence-electron chi connectivity index (χ2n) is 9.29. The molecule has 2 fully saturated rings. The summed E-state index contributed by atoms with van der Waals surface area (Å²) in [6.07, 6.45) is 15.0. The molecule has 3 rings (SSSR count). The Hall–Kier alpha value is -1.14. The number of hydrogen-bond donors (Lipinski definition) is 0. The summed E-state index contributed by atoms with van der Waals surface area (Å²) in [5, 5.41) is 8.81. The number of unbranched alkanes of at least 4 members (excludes halogenated alkanes) is 1. The lowest BCUT2D eigenvalue weighted by molar-refractivity contribution is 0.184. The molecule has 28 heavy (non-hydrogen) atoms. The van der Waals surface area contributed by atoms with Gasteiger partial charge >= 0.3 is 0 Å². The molecular formula is C25H37FNSi. The van der Waals surface area contributed by atoms with Crippen molar-refractivity contribution in [1.29, 1.82) is 5.26 Å². The predicted octanol–water partition coefficient (Wildman–Crippen LogP) is 7.53. The van der Waals surface area contributed by atoms with Crippen molar-refractivity contribution in [1.82, 2.24) is 0 Å². The van der Waals surface area contributed by atoms with Gasteiger partial charge in [0.2, 0.25) is 0 Å². The van der Waals surface area contributed by atoms with Gasteiger partial charge in [0.05, 0.1) is 5.56 Å². The third-order valence-electron chi connectivity index (χ3n) is 7.38. The highest BCUT2D eigenvalue weighted by atomic mass is 28.3. The second kappa shape index (κ2) is 11.1.